The van der Waals surface area contributed by atoms with E-state index in [1.807, 2.05) is 13.8 Å². The first-order valence-corrected chi connectivity index (χ1v) is 10.8. The predicted molar refractivity (Wildman–Crippen MR) is 104 cm³/mol. The van der Waals surface area contributed by atoms with Gasteiger partial charge >= 0.3 is 6.09 Å². The summed E-state index contributed by atoms with van der Waals surface area (Å²) in [7, 11) is -3.44. The highest BCUT2D eigenvalue weighted by molar-refractivity contribution is 7.89. The number of nitrogens with zero attached hydrogens (tertiary/aromatic N) is 1. The van der Waals surface area contributed by atoms with Crippen molar-refractivity contribution in [1.29, 1.82) is 0 Å². The molecule has 1 aromatic carbocycles. The van der Waals surface area contributed by atoms with Crippen LogP contribution in [0.5, 0.6) is 0 Å². The minimum absolute atomic E-state index is 0.00600. The molecule has 1 fully saturated rings. The molecule has 10 nitrogen and oxygen atoms in total. The second-order valence-corrected chi connectivity index (χ2v) is 9.06. The molecule has 2 aliphatic heterocycles. The minimum Gasteiger partial charge on any atom is -0.444 e. The summed E-state index contributed by atoms with van der Waals surface area (Å²) in [5, 5.41) is 13.0. The second kappa shape index (κ2) is 7.65. The Kier molecular flexibility index (Phi) is 5.19. The highest BCUT2D eigenvalue weighted by Crippen LogP contribution is 2.33. The lowest BCUT2D eigenvalue weighted by molar-refractivity contribution is 0.0682. The van der Waals surface area contributed by atoms with Gasteiger partial charge in [0.15, 0.2) is 5.82 Å². The molecule has 11 heteroatoms. The number of rotatable bonds is 5. The molecular weight excluding hydrogens is 398 g/mol. The summed E-state index contributed by atoms with van der Waals surface area (Å²) in [6.45, 7) is 4.28. The summed E-state index contributed by atoms with van der Waals surface area (Å²) >= 11 is 0. The summed E-state index contributed by atoms with van der Waals surface area (Å²) in [6, 6.07) is 6.87. The zero-order valence-electron chi connectivity index (χ0n) is 16.1. The molecule has 2 atom stereocenters. The van der Waals surface area contributed by atoms with Crippen molar-refractivity contribution >= 4 is 27.6 Å². The van der Waals surface area contributed by atoms with Crippen LogP contribution in [0.25, 0.3) is 0 Å². The molecule has 0 aliphatic carbocycles. The van der Waals surface area contributed by atoms with Crippen LogP contribution in [0.3, 0.4) is 0 Å². The zero-order chi connectivity index (χ0) is 20.6. The Labute approximate surface area is 168 Å². The predicted octanol–water partition coefficient (Wildman–Crippen LogP) is 1.91. The van der Waals surface area contributed by atoms with Crippen molar-refractivity contribution in [3.05, 3.63) is 35.5 Å². The van der Waals surface area contributed by atoms with Crippen LogP contribution < -0.4 is 15.4 Å². The summed E-state index contributed by atoms with van der Waals surface area (Å²) in [6.07, 6.45) is -0.524. The summed E-state index contributed by atoms with van der Waals surface area (Å²) in [4.78, 5) is 12.0. The number of hydrogen-bond acceptors (Lipinski definition) is 7. The van der Waals surface area contributed by atoms with E-state index in [0.29, 0.717) is 30.1 Å². The lowest BCUT2D eigenvalue weighted by atomic mass is 10.1. The van der Waals surface area contributed by atoms with E-state index in [2.05, 4.69) is 25.6 Å². The largest absolute Gasteiger partial charge is 0.444 e. The molecule has 0 radical (unpaired) electrons. The fraction of sp³-hybridized carbons (Fsp3) is 0.444. The van der Waals surface area contributed by atoms with E-state index in [-0.39, 0.29) is 29.7 Å². The Balaban J connectivity index is 1.40. The van der Waals surface area contributed by atoms with E-state index in [0.717, 1.165) is 5.69 Å². The minimum atomic E-state index is -3.44. The first kappa shape index (κ1) is 19.7. The number of benzene rings is 1. The maximum atomic E-state index is 12.0. The number of fused-ring (bicyclic) bond motifs is 1. The van der Waals surface area contributed by atoms with Gasteiger partial charge in [-0.15, -0.1) is 0 Å². The molecular formula is C18H23N5O5S. The molecule has 0 bridgehead atoms. The highest BCUT2D eigenvalue weighted by Gasteiger charge is 2.31. The number of alkyl carbamates (subject to hydrolysis) is 1. The molecule has 1 amide bonds. The van der Waals surface area contributed by atoms with Gasteiger partial charge in [0.1, 0.15) is 12.2 Å². The van der Waals surface area contributed by atoms with Gasteiger partial charge in [0.2, 0.25) is 10.0 Å². The second-order valence-electron chi connectivity index (χ2n) is 7.32. The van der Waals surface area contributed by atoms with Crippen LogP contribution in [0.15, 0.2) is 29.2 Å². The van der Waals surface area contributed by atoms with Gasteiger partial charge in [-0.1, -0.05) is 6.07 Å². The van der Waals surface area contributed by atoms with E-state index in [9.17, 15) is 13.2 Å². The number of ether oxygens (including phenoxy) is 2. The highest BCUT2D eigenvalue weighted by atomic mass is 32.2. The van der Waals surface area contributed by atoms with Crippen molar-refractivity contribution in [3.8, 4) is 0 Å². The van der Waals surface area contributed by atoms with E-state index >= 15 is 0 Å². The van der Waals surface area contributed by atoms with Crippen molar-refractivity contribution in [2.24, 2.45) is 0 Å². The number of carbonyl (C=O) groups is 1. The number of amides is 1. The number of carbonyl (C=O) groups excluding carboxylic acids is 1. The smallest absolute Gasteiger partial charge is 0.407 e. The lowest BCUT2D eigenvalue weighted by Crippen LogP contribution is -2.33. The van der Waals surface area contributed by atoms with Gasteiger partial charge in [-0.25, -0.2) is 17.9 Å². The average Bonchev–Trinajstić information content (AvgIpc) is 3.35. The molecule has 1 aromatic heterocycles. The van der Waals surface area contributed by atoms with E-state index in [4.69, 9.17) is 9.47 Å². The quantitative estimate of drug-likeness (QED) is 0.579. The molecule has 3 heterocycles. The third-order valence-corrected chi connectivity index (χ3v) is 6.20. The number of anilines is 2. The monoisotopic (exact) mass is 421 g/mol. The molecule has 4 rings (SSSR count). The summed E-state index contributed by atoms with van der Waals surface area (Å²) in [5.74, 6) is 0.545. The third kappa shape index (κ3) is 4.21. The summed E-state index contributed by atoms with van der Waals surface area (Å²) in [5.41, 5.74) is 2.10. The van der Waals surface area contributed by atoms with Crippen LogP contribution in [0.4, 0.5) is 16.3 Å². The molecule has 4 N–H and O–H groups in total. The number of H-pyrrole nitrogens is 1. The molecule has 2 aliphatic rings. The molecule has 0 spiro atoms. The topological polar surface area (TPSA) is 134 Å². The van der Waals surface area contributed by atoms with Crippen molar-refractivity contribution in [1.82, 2.24) is 20.2 Å². The van der Waals surface area contributed by atoms with Crippen LogP contribution in [0, 0.1) is 0 Å². The fourth-order valence-corrected chi connectivity index (χ4v) is 4.64. The van der Waals surface area contributed by atoms with E-state index in [1.165, 1.54) is 0 Å². The van der Waals surface area contributed by atoms with Crippen molar-refractivity contribution in [2.45, 2.75) is 50.0 Å². The molecule has 2 aromatic rings. The maximum absolute atomic E-state index is 12.0. The Morgan fingerprint density at radius 1 is 1.38 bits per heavy atom. The SMILES string of the molecule is CC(C)NC(=O)O[C@@H]1CO[C@H](c2cc(Nc3cccc4c3CNS4(=O)=O)n[nH]2)C1. The summed E-state index contributed by atoms with van der Waals surface area (Å²) < 4.78 is 37.6. The van der Waals surface area contributed by atoms with Crippen molar-refractivity contribution < 1.29 is 22.7 Å². The number of nitrogens with one attached hydrogen (secondary N) is 4. The Hall–Kier alpha value is -2.63. The first-order valence-electron chi connectivity index (χ1n) is 9.34. The van der Waals surface area contributed by atoms with Crippen LogP contribution >= 0.6 is 0 Å². The van der Waals surface area contributed by atoms with Crippen molar-refractivity contribution in [3.63, 3.8) is 0 Å². The van der Waals surface area contributed by atoms with Gasteiger partial charge in [0.05, 0.1) is 17.2 Å². The van der Waals surface area contributed by atoms with Gasteiger partial charge in [-0.2, -0.15) is 5.10 Å². The average molecular weight is 421 g/mol. The van der Waals surface area contributed by atoms with E-state index in [1.54, 1.807) is 24.3 Å². The van der Waals surface area contributed by atoms with Gasteiger partial charge < -0.3 is 20.1 Å². The molecule has 156 valence electrons. The number of hydrogen-bond donors (Lipinski definition) is 4. The maximum Gasteiger partial charge on any atom is 0.407 e. The van der Waals surface area contributed by atoms with Gasteiger partial charge in [0, 0.05) is 36.3 Å². The third-order valence-electron chi connectivity index (χ3n) is 4.71. The Bertz CT molecular complexity index is 1020. The Morgan fingerprint density at radius 3 is 3.00 bits per heavy atom. The van der Waals surface area contributed by atoms with Crippen LogP contribution in [0.2, 0.25) is 0 Å². The van der Waals surface area contributed by atoms with Crippen LogP contribution in [-0.4, -0.2) is 43.5 Å². The molecule has 0 unspecified atom stereocenters. The molecule has 1 saturated heterocycles. The standard InChI is InChI=1S/C18H23N5O5S/c1-10(2)20-18(24)28-11-6-15(27-9-11)14-7-17(23-22-14)21-13-4-3-5-16-12(13)8-19-29(16,25)26/h3-5,7,10-11,15,19H,6,8-9H2,1-2H3,(H,20,24)(H2,21,22,23)/t11-,15-/m0/s1. The lowest BCUT2D eigenvalue weighted by Gasteiger charge is -2.13. The normalized spacial score (nSPS) is 22.4. The van der Waals surface area contributed by atoms with Gasteiger partial charge in [-0.3, -0.25) is 5.10 Å². The molecule has 29 heavy (non-hydrogen) atoms. The van der Waals surface area contributed by atoms with E-state index < -0.39 is 16.1 Å². The van der Waals surface area contributed by atoms with Crippen LogP contribution in [-0.2, 0) is 26.0 Å². The van der Waals surface area contributed by atoms with Crippen molar-refractivity contribution in [2.75, 3.05) is 11.9 Å². The zero-order valence-corrected chi connectivity index (χ0v) is 16.9. The molecule has 0 saturated carbocycles. The first-order chi connectivity index (χ1) is 13.8. The number of aromatic nitrogens is 2. The Morgan fingerprint density at radius 2 is 2.21 bits per heavy atom. The van der Waals surface area contributed by atoms with Crippen LogP contribution in [0.1, 0.15) is 37.6 Å². The van der Waals surface area contributed by atoms with Gasteiger partial charge in [0.25, 0.3) is 0 Å². The number of sulfonamides is 1. The fourth-order valence-electron chi connectivity index (χ4n) is 3.38. The van der Waals surface area contributed by atoms with Gasteiger partial charge in [-0.05, 0) is 26.0 Å². The number of aromatic amines is 1.